The first-order valence-corrected chi connectivity index (χ1v) is 8.00. The summed E-state index contributed by atoms with van der Waals surface area (Å²) in [7, 11) is 0. The molecule has 0 aromatic rings. The van der Waals surface area contributed by atoms with Gasteiger partial charge in [-0.2, -0.15) is 0 Å². The number of rotatable bonds is 2. The Morgan fingerprint density at radius 2 is 1.83 bits per heavy atom. The van der Waals surface area contributed by atoms with E-state index < -0.39 is 0 Å². The van der Waals surface area contributed by atoms with Crippen LogP contribution in [0.5, 0.6) is 0 Å². The topological polar surface area (TPSA) is 0 Å². The molecular weight excluding hydrogens is 319 g/mol. The molecule has 18 heavy (non-hydrogen) atoms. The van der Waals surface area contributed by atoms with Crippen LogP contribution < -0.4 is 0 Å². The second-order valence-corrected chi connectivity index (χ2v) is 7.66. The van der Waals surface area contributed by atoms with Gasteiger partial charge in [-0.25, -0.2) is 0 Å². The van der Waals surface area contributed by atoms with Gasteiger partial charge < -0.3 is 0 Å². The van der Waals surface area contributed by atoms with Crippen LogP contribution in [0.1, 0.15) is 38.5 Å². The zero-order valence-electron chi connectivity index (χ0n) is 10.7. The summed E-state index contributed by atoms with van der Waals surface area (Å²) < 4.78 is 0.520. The van der Waals surface area contributed by atoms with Crippen molar-refractivity contribution in [3.8, 4) is 0 Å². The second-order valence-electron chi connectivity index (χ2n) is 5.47. The van der Waals surface area contributed by atoms with Gasteiger partial charge in [-0.1, -0.05) is 0 Å². The van der Waals surface area contributed by atoms with Gasteiger partial charge in [0.25, 0.3) is 0 Å². The van der Waals surface area contributed by atoms with Crippen LogP contribution in [0.3, 0.4) is 0 Å². The van der Waals surface area contributed by atoms with Crippen LogP contribution in [0.2, 0.25) is 3.12 Å². The molecule has 0 N–H and O–H groups in total. The van der Waals surface area contributed by atoms with Crippen molar-refractivity contribution in [1.82, 2.24) is 0 Å². The summed E-state index contributed by atoms with van der Waals surface area (Å²) in [4.78, 5) is 0. The molecule has 95 valence electrons. The summed E-state index contributed by atoms with van der Waals surface area (Å²) in [6.07, 6.45) is 22.1. The normalized spacial score (nSPS) is 34.1. The van der Waals surface area contributed by atoms with Crippen molar-refractivity contribution in [2.75, 3.05) is 0 Å². The van der Waals surface area contributed by atoms with Crippen molar-refractivity contribution < 1.29 is 24.7 Å². The van der Waals surface area contributed by atoms with Crippen LogP contribution in [0.25, 0.3) is 0 Å². The molecule has 1 fully saturated rings. The van der Waals surface area contributed by atoms with E-state index in [2.05, 4.69) is 36.5 Å². The van der Waals surface area contributed by atoms with Crippen molar-refractivity contribution in [3.05, 3.63) is 47.6 Å². The first kappa shape index (κ1) is 14.5. The molecule has 3 aliphatic carbocycles. The van der Waals surface area contributed by atoms with Crippen LogP contribution in [-0.4, -0.2) is 0 Å². The molecule has 3 aliphatic rings. The van der Waals surface area contributed by atoms with Crippen LogP contribution in [-0.2, 0) is 24.7 Å². The van der Waals surface area contributed by atoms with Gasteiger partial charge in [-0.15, -0.1) is 12.4 Å². The fraction of sp³-hybridized carbons (Fsp3) is 0.500. The molecule has 2 unspecified atom stereocenters. The van der Waals surface area contributed by atoms with E-state index in [0.717, 1.165) is 5.92 Å². The zero-order valence-corrected chi connectivity index (χ0v) is 14.0. The summed E-state index contributed by atoms with van der Waals surface area (Å²) in [5.41, 5.74) is 3.42. The second kappa shape index (κ2) is 6.06. The molecule has 0 saturated heterocycles. The molecule has 0 bridgehead atoms. The SMILES string of the molecule is Cl.[Zr][C]1(C2=CC=CC2)CCCCC1C1=CC=CC1. The van der Waals surface area contributed by atoms with Crippen molar-refractivity contribution in [1.29, 1.82) is 0 Å². The van der Waals surface area contributed by atoms with Gasteiger partial charge in [0, 0.05) is 0 Å². The van der Waals surface area contributed by atoms with E-state index in [1.807, 2.05) is 0 Å². The quantitative estimate of drug-likeness (QED) is 0.659. The average molecular weight is 339 g/mol. The van der Waals surface area contributed by atoms with E-state index >= 15 is 0 Å². The Hall–Kier alpha value is 0.133. The third-order valence-electron chi connectivity index (χ3n) is 4.50. The number of hydrogen-bond donors (Lipinski definition) is 0. The summed E-state index contributed by atoms with van der Waals surface area (Å²) in [5.74, 6) is 0.829. The molecule has 0 amide bonds. The molecule has 2 atom stereocenters. The molecule has 0 radical (unpaired) electrons. The summed E-state index contributed by atoms with van der Waals surface area (Å²) in [6, 6.07) is 0. The minimum atomic E-state index is 0. The van der Waals surface area contributed by atoms with E-state index in [1.54, 1.807) is 35.9 Å². The van der Waals surface area contributed by atoms with Crippen molar-refractivity contribution in [2.45, 2.75) is 41.6 Å². The molecule has 0 nitrogen and oxygen atoms in total. The van der Waals surface area contributed by atoms with Gasteiger partial charge in [-0.05, 0) is 0 Å². The third-order valence-corrected chi connectivity index (χ3v) is 6.76. The standard InChI is InChI=1S/C16H19.ClH.Zr/c1-2-8-13(7-1)15-11-5-6-12-16(15)14-9-3-4-10-14;;/h1-4,7,9,15H,5-6,8,10-12H2;1H;. The van der Waals surface area contributed by atoms with Crippen molar-refractivity contribution in [3.63, 3.8) is 0 Å². The van der Waals surface area contributed by atoms with Gasteiger partial charge in [0.2, 0.25) is 0 Å². The van der Waals surface area contributed by atoms with Gasteiger partial charge in [0.05, 0.1) is 0 Å². The van der Waals surface area contributed by atoms with Gasteiger partial charge in [-0.3, -0.25) is 0 Å². The maximum absolute atomic E-state index is 2.40. The Kier molecular flexibility index (Phi) is 4.89. The molecule has 0 aromatic carbocycles. The van der Waals surface area contributed by atoms with E-state index in [4.69, 9.17) is 0 Å². The van der Waals surface area contributed by atoms with Crippen molar-refractivity contribution in [2.24, 2.45) is 5.92 Å². The molecule has 0 aromatic heterocycles. The van der Waals surface area contributed by atoms with E-state index in [1.165, 1.54) is 38.5 Å². The third kappa shape index (κ3) is 2.54. The van der Waals surface area contributed by atoms with E-state index in [-0.39, 0.29) is 12.4 Å². The van der Waals surface area contributed by atoms with E-state index in [0.29, 0.717) is 3.12 Å². The van der Waals surface area contributed by atoms with E-state index in [9.17, 15) is 0 Å². The Morgan fingerprint density at radius 1 is 1.06 bits per heavy atom. The summed E-state index contributed by atoms with van der Waals surface area (Å²) in [6.45, 7) is 0. The summed E-state index contributed by atoms with van der Waals surface area (Å²) >= 11 is 1.73. The maximum atomic E-state index is 2.40. The molecule has 3 rings (SSSR count). The molecule has 2 heteroatoms. The fourth-order valence-electron chi connectivity index (χ4n) is 3.56. The monoisotopic (exact) mass is 337 g/mol. The predicted octanol–water partition coefficient (Wildman–Crippen LogP) is 5.08. The number of allylic oxidation sites excluding steroid dienone is 8. The average Bonchev–Trinajstić information content (AvgIpc) is 3.03. The summed E-state index contributed by atoms with van der Waals surface area (Å²) in [5, 5.41) is 0. The van der Waals surface area contributed by atoms with Gasteiger partial charge in [0.15, 0.2) is 0 Å². The predicted molar refractivity (Wildman–Crippen MR) is 75.6 cm³/mol. The molecule has 0 spiro atoms. The number of hydrogen-bond acceptors (Lipinski definition) is 0. The Bertz CT molecular complexity index is 430. The van der Waals surface area contributed by atoms with Crippen LogP contribution >= 0.6 is 12.4 Å². The Labute approximate surface area is 132 Å². The first-order valence-electron chi connectivity index (χ1n) is 6.77. The van der Waals surface area contributed by atoms with Crippen LogP contribution in [0, 0.1) is 5.92 Å². The fourth-order valence-corrected chi connectivity index (χ4v) is 5.26. The minimum absolute atomic E-state index is 0. The van der Waals surface area contributed by atoms with Gasteiger partial charge in [0.1, 0.15) is 0 Å². The molecule has 0 aliphatic heterocycles. The molecular formula is C16H20ClZr. The zero-order chi connectivity index (χ0) is 11.7. The molecule has 0 heterocycles. The number of halogens is 1. The van der Waals surface area contributed by atoms with Gasteiger partial charge >= 0.3 is 120 Å². The molecule has 1 saturated carbocycles. The Morgan fingerprint density at radius 3 is 2.50 bits per heavy atom. The Balaban J connectivity index is 0.00000120. The first-order chi connectivity index (χ1) is 8.31. The van der Waals surface area contributed by atoms with Crippen LogP contribution in [0.4, 0.5) is 0 Å². The van der Waals surface area contributed by atoms with Crippen molar-refractivity contribution >= 4 is 12.4 Å². The van der Waals surface area contributed by atoms with Crippen LogP contribution in [0.15, 0.2) is 47.6 Å².